The number of nitrogens with two attached hydrogens (primary N) is 1. The lowest BCUT2D eigenvalue weighted by Gasteiger charge is -2.25. The van der Waals surface area contributed by atoms with Gasteiger partial charge in [0, 0.05) is 13.1 Å². The molecule has 0 saturated heterocycles. The minimum atomic E-state index is -0.192. The Labute approximate surface area is 118 Å². The van der Waals surface area contributed by atoms with E-state index in [1.807, 2.05) is 31.2 Å². The first kappa shape index (κ1) is 15.8. The Morgan fingerprint density at radius 1 is 1.50 bits per heavy atom. The molecule has 110 valence electrons. The van der Waals surface area contributed by atoms with Crippen LogP contribution in [0, 0.1) is 0 Å². The van der Waals surface area contributed by atoms with E-state index in [1.54, 1.807) is 19.1 Å². The van der Waals surface area contributed by atoms with E-state index in [1.165, 1.54) is 0 Å². The van der Waals surface area contributed by atoms with Crippen LogP contribution < -0.4 is 10.5 Å². The molecule has 0 saturated carbocycles. The number of rotatable bonds is 6. The first-order chi connectivity index (χ1) is 9.49. The molecule has 1 aromatic carbocycles. The number of carbonyl (C=O) groups excluding carboxylic acids is 1. The number of likely N-dealkylation sites (N-methyl/N-ethyl adjacent to an activating group) is 1. The van der Waals surface area contributed by atoms with Crippen LogP contribution in [-0.2, 0) is 11.2 Å². The Morgan fingerprint density at radius 2 is 2.15 bits per heavy atom. The molecule has 6 nitrogen and oxygen atoms in total. The Bertz CT molecular complexity index is 488. The summed E-state index contributed by atoms with van der Waals surface area (Å²) in [7, 11) is 3.32. The number of nitrogens with zero attached hydrogens (tertiary/aromatic N) is 2. The number of amidine groups is 1. The fourth-order valence-electron chi connectivity index (χ4n) is 1.89. The van der Waals surface area contributed by atoms with Crippen molar-refractivity contribution in [2.24, 2.45) is 10.9 Å². The number of para-hydroxylation sites is 1. The summed E-state index contributed by atoms with van der Waals surface area (Å²) in [5.41, 5.74) is 6.38. The molecule has 0 spiro atoms. The molecular formula is C14H21N3O3. The summed E-state index contributed by atoms with van der Waals surface area (Å²) in [6, 6.07) is 7.67. The molecule has 1 unspecified atom stereocenters. The normalized spacial score (nSPS) is 12.8. The lowest BCUT2D eigenvalue weighted by Crippen LogP contribution is -2.38. The maximum absolute atomic E-state index is 11.9. The van der Waals surface area contributed by atoms with Crippen molar-refractivity contribution in [1.82, 2.24) is 4.90 Å². The fourth-order valence-corrected chi connectivity index (χ4v) is 1.89. The lowest BCUT2D eigenvalue weighted by atomic mass is 10.0. The number of oxime groups is 1. The summed E-state index contributed by atoms with van der Waals surface area (Å²) >= 11 is 0. The van der Waals surface area contributed by atoms with Gasteiger partial charge in [-0.1, -0.05) is 23.4 Å². The summed E-state index contributed by atoms with van der Waals surface area (Å²) in [5.74, 6) is 0.519. The summed E-state index contributed by atoms with van der Waals surface area (Å²) in [4.78, 5) is 13.5. The van der Waals surface area contributed by atoms with E-state index in [0.29, 0.717) is 6.42 Å². The Morgan fingerprint density at radius 3 is 2.75 bits per heavy atom. The second-order valence-electron chi connectivity index (χ2n) is 4.64. The number of hydrogen-bond acceptors (Lipinski definition) is 4. The SMILES string of the molecule is COc1ccccc1CC(C)N(C)C(=O)CC(N)=NO. The molecule has 0 aromatic heterocycles. The maximum Gasteiger partial charge on any atom is 0.230 e. The predicted molar refractivity (Wildman–Crippen MR) is 77.0 cm³/mol. The molecule has 3 N–H and O–H groups in total. The lowest BCUT2D eigenvalue weighted by molar-refractivity contribution is -0.130. The number of carbonyl (C=O) groups is 1. The fraction of sp³-hybridized carbons (Fsp3) is 0.429. The highest BCUT2D eigenvalue weighted by Gasteiger charge is 2.18. The molecule has 1 rings (SSSR count). The van der Waals surface area contributed by atoms with Gasteiger partial charge in [-0.05, 0) is 25.0 Å². The highest BCUT2D eigenvalue weighted by atomic mass is 16.5. The first-order valence-electron chi connectivity index (χ1n) is 6.33. The van der Waals surface area contributed by atoms with Crippen molar-refractivity contribution < 1.29 is 14.7 Å². The molecule has 20 heavy (non-hydrogen) atoms. The van der Waals surface area contributed by atoms with Crippen LogP contribution in [0.4, 0.5) is 0 Å². The van der Waals surface area contributed by atoms with E-state index >= 15 is 0 Å². The van der Waals surface area contributed by atoms with Gasteiger partial charge in [0.15, 0.2) is 0 Å². The second kappa shape index (κ2) is 7.37. The van der Waals surface area contributed by atoms with Gasteiger partial charge in [0.1, 0.15) is 11.6 Å². The van der Waals surface area contributed by atoms with Gasteiger partial charge in [-0.2, -0.15) is 0 Å². The van der Waals surface area contributed by atoms with E-state index in [9.17, 15) is 4.79 Å². The monoisotopic (exact) mass is 279 g/mol. The maximum atomic E-state index is 11.9. The van der Waals surface area contributed by atoms with Crippen molar-refractivity contribution >= 4 is 11.7 Å². The molecule has 0 radical (unpaired) electrons. The zero-order valence-electron chi connectivity index (χ0n) is 12.0. The van der Waals surface area contributed by atoms with E-state index < -0.39 is 0 Å². The smallest absolute Gasteiger partial charge is 0.230 e. The van der Waals surface area contributed by atoms with Crippen LogP contribution in [0.5, 0.6) is 5.75 Å². The number of ether oxygens (including phenoxy) is 1. The quantitative estimate of drug-likeness (QED) is 0.355. The van der Waals surface area contributed by atoms with Crippen molar-refractivity contribution in [2.75, 3.05) is 14.2 Å². The van der Waals surface area contributed by atoms with Gasteiger partial charge in [-0.3, -0.25) is 4.79 Å². The van der Waals surface area contributed by atoms with Gasteiger partial charge in [0.05, 0.1) is 13.5 Å². The molecule has 0 fully saturated rings. The van der Waals surface area contributed by atoms with Crippen LogP contribution in [0.3, 0.4) is 0 Å². The van der Waals surface area contributed by atoms with E-state index in [0.717, 1.165) is 11.3 Å². The van der Waals surface area contributed by atoms with Gasteiger partial charge in [0.25, 0.3) is 0 Å². The minimum Gasteiger partial charge on any atom is -0.496 e. The molecule has 1 aromatic rings. The van der Waals surface area contributed by atoms with E-state index in [4.69, 9.17) is 15.7 Å². The summed E-state index contributed by atoms with van der Waals surface area (Å²) in [6.07, 6.45) is 0.575. The third kappa shape index (κ3) is 4.15. The molecule has 0 heterocycles. The summed E-state index contributed by atoms with van der Waals surface area (Å²) in [6.45, 7) is 1.94. The topological polar surface area (TPSA) is 88.2 Å². The van der Waals surface area contributed by atoms with Gasteiger partial charge >= 0.3 is 0 Å². The van der Waals surface area contributed by atoms with Crippen LogP contribution in [0.25, 0.3) is 0 Å². The van der Waals surface area contributed by atoms with E-state index in [-0.39, 0.29) is 24.2 Å². The third-order valence-electron chi connectivity index (χ3n) is 3.22. The first-order valence-corrected chi connectivity index (χ1v) is 6.33. The van der Waals surface area contributed by atoms with Gasteiger partial charge in [-0.15, -0.1) is 0 Å². The minimum absolute atomic E-state index is 0.0229. The molecule has 1 amide bonds. The molecule has 0 aliphatic carbocycles. The van der Waals surface area contributed by atoms with Gasteiger partial charge in [-0.25, -0.2) is 0 Å². The zero-order chi connectivity index (χ0) is 15.1. The summed E-state index contributed by atoms with van der Waals surface area (Å²) < 4.78 is 5.29. The number of hydrogen-bond donors (Lipinski definition) is 2. The number of benzene rings is 1. The third-order valence-corrected chi connectivity index (χ3v) is 3.22. The predicted octanol–water partition coefficient (Wildman–Crippen LogP) is 1.22. The summed E-state index contributed by atoms with van der Waals surface area (Å²) in [5, 5.41) is 11.3. The van der Waals surface area contributed by atoms with Crippen LogP contribution in [0.15, 0.2) is 29.4 Å². The van der Waals surface area contributed by atoms with Crippen LogP contribution >= 0.6 is 0 Å². The Balaban J connectivity index is 2.70. The van der Waals surface area contributed by atoms with Gasteiger partial charge in [0.2, 0.25) is 5.91 Å². The average Bonchev–Trinajstić information content (AvgIpc) is 2.46. The van der Waals surface area contributed by atoms with Crippen molar-refractivity contribution in [3.63, 3.8) is 0 Å². The van der Waals surface area contributed by atoms with Crippen molar-refractivity contribution in [2.45, 2.75) is 25.8 Å². The standard InChI is InChI=1S/C14H21N3O3/c1-10(17(2)14(18)9-13(15)16-19)8-11-6-4-5-7-12(11)20-3/h4-7,10,19H,8-9H2,1-3H3,(H2,15,16). The van der Waals surface area contributed by atoms with Crippen LogP contribution in [0.2, 0.25) is 0 Å². The molecule has 0 aliphatic rings. The number of methoxy groups -OCH3 is 1. The number of amides is 1. The van der Waals surface area contributed by atoms with Crippen molar-refractivity contribution in [3.05, 3.63) is 29.8 Å². The largest absolute Gasteiger partial charge is 0.496 e. The highest BCUT2D eigenvalue weighted by molar-refractivity contribution is 5.98. The molecule has 6 heteroatoms. The molecule has 0 bridgehead atoms. The van der Waals surface area contributed by atoms with Crippen LogP contribution in [0.1, 0.15) is 18.9 Å². The van der Waals surface area contributed by atoms with Crippen LogP contribution in [-0.4, -0.2) is 42.0 Å². The van der Waals surface area contributed by atoms with Crippen molar-refractivity contribution in [3.8, 4) is 5.75 Å². The molecular weight excluding hydrogens is 258 g/mol. The van der Waals surface area contributed by atoms with E-state index in [2.05, 4.69) is 5.16 Å². The van der Waals surface area contributed by atoms with Gasteiger partial charge < -0.3 is 20.6 Å². The average molecular weight is 279 g/mol. The second-order valence-corrected chi connectivity index (χ2v) is 4.64. The van der Waals surface area contributed by atoms with Crippen molar-refractivity contribution in [1.29, 1.82) is 0 Å². The highest BCUT2D eigenvalue weighted by Crippen LogP contribution is 2.20. The molecule has 0 aliphatic heterocycles. The Hall–Kier alpha value is -2.24. The Kier molecular flexibility index (Phi) is 5.83. The molecule has 1 atom stereocenters. The zero-order valence-corrected chi connectivity index (χ0v) is 12.0.